The fourth-order valence-electron chi connectivity index (χ4n) is 2.40. The molecule has 0 bridgehead atoms. The van der Waals surface area contributed by atoms with Gasteiger partial charge in [-0.05, 0) is 0 Å². The summed E-state index contributed by atoms with van der Waals surface area (Å²) < 4.78 is 6.56. The van der Waals surface area contributed by atoms with E-state index in [4.69, 9.17) is 9.84 Å². The van der Waals surface area contributed by atoms with Crippen LogP contribution in [0.2, 0.25) is 0 Å². The maximum atomic E-state index is 12.0. The molecule has 0 unspecified atom stereocenters. The third-order valence-corrected chi connectivity index (χ3v) is 3.47. The fraction of sp³-hybridized carbons (Fsp3) is 0.545. The number of carbonyl (C=O) groups is 2. The highest BCUT2D eigenvalue weighted by atomic mass is 16.6. The first-order valence-corrected chi connectivity index (χ1v) is 6.30. The van der Waals surface area contributed by atoms with Crippen molar-refractivity contribution < 1.29 is 29.6 Å². The number of amides is 2. The quantitative estimate of drug-likeness (QED) is 0.395. The smallest absolute Gasteiger partial charge is 0.272 e. The molecule has 0 saturated carbocycles. The minimum absolute atomic E-state index is 0.00990. The SMILES string of the molecule is O=C1CNC(=O)c2c(ncn2[C@@H]2O[C@H](CO)[C@@H](O)[C@H]2O)N1. The molecule has 2 amide bonds. The van der Waals surface area contributed by atoms with Crippen LogP contribution in [-0.4, -0.2) is 68.1 Å². The number of rotatable bonds is 2. The molecule has 1 fully saturated rings. The molecule has 3 rings (SSSR count). The summed E-state index contributed by atoms with van der Waals surface area (Å²) in [5, 5.41) is 33.7. The van der Waals surface area contributed by atoms with Crippen LogP contribution in [0.5, 0.6) is 0 Å². The number of nitrogens with zero attached hydrogens (tertiary/aromatic N) is 2. The normalized spacial score (nSPS) is 32.3. The van der Waals surface area contributed by atoms with Crippen molar-refractivity contribution in [2.24, 2.45) is 0 Å². The molecule has 10 heteroatoms. The van der Waals surface area contributed by atoms with Gasteiger partial charge in [-0.3, -0.25) is 14.2 Å². The van der Waals surface area contributed by atoms with Crippen LogP contribution in [0.15, 0.2) is 6.33 Å². The number of hydrogen-bond donors (Lipinski definition) is 5. The molecular formula is C11H14N4O6. The van der Waals surface area contributed by atoms with Gasteiger partial charge < -0.3 is 30.7 Å². The molecular weight excluding hydrogens is 284 g/mol. The zero-order chi connectivity index (χ0) is 15.1. The van der Waals surface area contributed by atoms with Gasteiger partial charge in [-0.15, -0.1) is 0 Å². The summed E-state index contributed by atoms with van der Waals surface area (Å²) in [6.07, 6.45) is -3.47. The molecule has 1 aromatic rings. The summed E-state index contributed by atoms with van der Waals surface area (Å²) in [4.78, 5) is 27.3. The predicted octanol–water partition coefficient (Wildman–Crippen LogP) is -2.82. The maximum Gasteiger partial charge on any atom is 0.272 e. The van der Waals surface area contributed by atoms with Crippen LogP contribution in [0.3, 0.4) is 0 Å². The lowest BCUT2D eigenvalue weighted by atomic mass is 10.1. The Morgan fingerprint density at radius 1 is 1.38 bits per heavy atom. The first kappa shape index (κ1) is 13.9. The first-order chi connectivity index (χ1) is 10.0. The molecule has 21 heavy (non-hydrogen) atoms. The van der Waals surface area contributed by atoms with Gasteiger partial charge in [0.2, 0.25) is 5.91 Å². The van der Waals surface area contributed by atoms with Crippen LogP contribution in [0, 0.1) is 0 Å². The molecule has 0 radical (unpaired) electrons. The Morgan fingerprint density at radius 2 is 2.14 bits per heavy atom. The van der Waals surface area contributed by atoms with E-state index in [-0.39, 0.29) is 18.1 Å². The van der Waals surface area contributed by atoms with Crippen LogP contribution >= 0.6 is 0 Å². The lowest BCUT2D eigenvalue weighted by Crippen LogP contribution is -2.34. The van der Waals surface area contributed by atoms with Crippen molar-refractivity contribution in [1.29, 1.82) is 0 Å². The van der Waals surface area contributed by atoms with Gasteiger partial charge >= 0.3 is 0 Å². The van der Waals surface area contributed by atoms with Crippen LogP contribution in [-0.2, 0) is 9.53 Å². The van der Waals surface area contributed by atoms with E-state index in [1.54, 1.807) is 0 Å². The number of imidazole rings is 1. The van der Waals surface area contributed by atoms with E-state index < -0.39 is 43.0 Å². The Kier molecular flexibility index (Phi) is 3.37. The lowest BCUT2D eigenvalue weighted by molar-refractivity contribution is -0.115. The average molecular weight is 298 g/mol. The molecule has 1 aromatic heterocycles. The van der Waals surface area contributed by atoms with Gasteiger partial charge in [-0.25, -0.2) is 4.98 Å². The summed E-state index contributed by atoms with van der Waals surface area (Å²) in [7, 11) is 0. The molecule has 2 aliphatic heterocycles. The largest absolute Gasteiger partial charge is 0.394 e. The minimum Gasteiger partial charge on any atom is -0.394 e. The number of aliphatic hydroxyl groups is 3. The van der Waals surface area contributed by atoms with Crippen molar-refractivity contribution in [3.63, 3.8) is 0 Å². The third kappa shape index (κ3) is 2.17. The van der Waals surface area contributed by atoms with Gasteiger partial charge in [0, 0.05) is 0 Å². The van der Waals surface area contributed by atoms with Gasteiger partial charge in [0.05, 0.1) is 19.5 Å². The van der Waals surface area contributed by atoms with E-state index in [9.17, 15) is 19.8 Å². The molecule has 0 spiro atoms. The number of aromatic nitrogens is 2. The van der Waals surface area contributed by atoms with E-state index in [2.05, 4.69) is 15.6 Å². The minimum atomic E-state index is -1.34. The summed E-state index contributed by atoms with van der Waals surface area (Å²) >= 11 is 0. The van der Waals surface area contributed by atoms with Crippen molar-refractivity contribution in [1.82, 2.24) is 14.9 Å². The second kappa shape index (κ2) is 5.07. The molecule has 1 saturated heterocycles. The van der Waals surface area contributed by atoms with Crippen LogP contribution in [0.4, 0.5) is 5.82 Å². The van der Waals surface area contributed by atoms with E-state index >= 15 is 0 Å². The van der Waals surface area contributed by atoms with E-state index in [1.807, 2.05) is 0 Å². The summed E-state index contributed by atoms with van der Waals surface area (Å²) in [5.74, 6) is -0.931. The van der Waals surface area contributed by atoms with Crippen molar-refractivity contribution in [2.75, 3.05) is 18.5 Å². The molecule has 2 aliphatic rings. The van der Waals surface area contributed by atoms with E-state index in [0.29, 0.717) is 0 Å². The van der Waals surface area contributed by atoms with Crippen molar-refractivity contribution >= 4 is 17.6 Å². The van der Waals surface area contributed by atoms with Gasteiger partial charge in [-0.2, -0.15) is 0 Å². The molecule has 114 valence electrons. The standard InChI is InChI=1S/C11H14N4O6/c16-2-4-7(18)8(19)11(21-4)15-3-13-9-6(15)10(20)12-1-5(17)14-9/h3-4,7-8,11,16,18-19H,1-2H2,(H,12,20)(H,14,17)/t4-,7-,8-,11-/m1/s1. The van der Waals surface area contributed by atoms with Gasteiger partial charge in [-0.1, -0.05) is 0 Å². The number of nitrogens with one attached hydrogen (secondary N) is 2. The number of aliphatic hydroxyl groups excluding tert-OH is 3. The Balaban J connectivity index is 1.98. The summed E-state index contributed by atoms with van der Waals surface area (Å²) in [6, 6.07) is 0. The number of hydrogen-bond acceptors (Lipinski definition) is 7. The maximum absolute atomic E-state index is 12.0. The van der Waals surface area contributed by atoms with Crippen molar-refractivity contribution in [3.05, 3.63) is 12.0 Å². The van der Waals surface area contributed by atoms with Crippen molar-refractivity contribution in [2.45, 2.75) is 24.5 Å². The predicted molar refractivity (Wildman–Crippen MR) is 66.2 cm³/mol. The summed E-state index contributed by atoms with van der Waals surface area (Å²) in [5.41, 5.74) is 0.00990. The Bertz CT molecular complexity index is 587. The molecule has 3 heterocycles. The Labute approximate surface area is 118 Å². The van der Waals surface area contributed by atoms with E-state index in [1.165, 1.54) is 10.9 Å². The zero-order valence-electron chi connectivity index (χ0n) is 10.8. The van der Waals surface area contributed by atoms with Crippen molar-refractivity contribution in [3.8, 4) is 0 Å². The van der Waals surface area contributed by atoms with Crippen LogP contribution < -0.4 is 10.6 Å². The van der Waals surface area contributed by atoms with Crippen LogP contribution in [0.1, 0.15) is 16.7 Å². The van der Waals surface area contributed by atoms with Crippen LogP contribution in [0.25, 0.3) is 0 Å². The topological polar surface area (TPSA) is 146 Å². The van der Waals surface area contributed by atoms with Gasteiger partial charge in [0.15, 0.2) is 17.7 Å². The summed E-state index contributed by atoms with van der Waals surface area (Å²) in [6.45, 7) is -0.667. The number of ether oxygens (including phenoxy) is 1. The molecule has 5 N–H and O–H groups in total. The molecule has 0 aromatic carbocycles. The molecule has 10 nitrogen and oxygen atoms in total. The average Bonchev–Trinajstić information content (AvgIpc) is 2.95. The highest BCUT2D eigenvalue weighted by Gasteiger charge is 2.45. The fourth-order valence-corrected chi connectivity index (χ4v) is 2.40. The molecule has 4 atom stereocenters. The Hall–Kier alpha value is -2.01. The Morgan fingerprint density at radius 3 is 2.81 bits per heavy atom. The first-order valence-electron chi connectivity index (χ1n) is 6.30. The van der Waals surface area contributed by atoms with E-state index in [0.717, 1.165) is 0 Å². The zero-order valence-corrected chi connectivity index (χ0v) is 10.8. The number of fused-ring (bicyclic) bond motifs is 1. The second-order valence-electron chi connectivity index (χ2n) is 4.81. The van der Waals surface area contributed by atoms with Gasteiger partial charge in [0.25, 0.3) is 5.91 Å². The molecule has 0 aliphatic carbocycles. The highest BCUT2D eigenvalue weighted by molar-refractivity contribution is 6.06. The lowest BCUT2D eigenvalue weighted by Gasteiger charge is -2.18. The second-order valence-corrected chi connectivity index (χ2v) is 4.81. The third-order valence-electron chi connectivity index (χ3n) is 3.47. The monoisotopic (exact) mass is 298 g/mol. The van der Waals surface area contributed by atoms with Gasteiger partial charge in [0.1, 0.15) is 18.3 Å². The number of carbonyl (C=O) groups excluding carboxylic acids is 2. The number of anilines is 1. The highest BCUT2D eigenvalue weighted by Crippen LogP contribution is 2.32.